The van der Waals surface area contributed by atoms with Crippen molar-refractivity contribution in [3.8, 4) is 0 Å². The molecule has 9 heteroatoms. The molecule has 3 heterocycles. The molecule has 0 saturated carbocycles. The van der Waals surface area contributed by atoms with Crippen molar-refractivity contribution >= 4 is 46.4 Å². The number of nitrogens with one attached hydrogen (secondary N) is 1. The molecule has 1 N–H and O–H groups in total. The van der Waals surface area contributed by atoms with Crippen LogP contribution in [0.1, 0.15) is 40.2 Å². The molecule has 2 aromatic carbocycles. The third-order valence-corrected chi connectivity index (χ3v) is 6.99. The van der Waals surface area contributed by atoms with Crippen molar-refractivity contribution in [3.63, 3.8) is 0 Å². The number of hydrogen-bond acceptors (Lipinski definition) is 6. The Hall–Kier alpha value is -3.10. The van der Waals surface area contributed by atoms with Gasteiger partial charge in [0.15, 0.2) is 0 Å². The number of anilines is 2. The van der Waals surface area contributed by atoms with Gasteiger partial charge in [-0.25, -0.2) is 9.50 Å². The van der Waals surface area contributed by atoms with Gasteiger partial charge in [-0.05, 0) is 62.6 Å². The molecule has 1 amide bonds. The van der Waals surface area contributed by atoms with Gasteiger partial charge in [-0.15, -0.1) is 5.10 Å². The lowest BCUT2D eigenvalue weighted by molar-refractivity contribution is 0.102. The van der Waals surface area contributed by atoms with Gasteiger partial charge in [0.25, 0.3) is 11.7 Å². The molecular formula is C25H25ClN6OS. The zero-order valence-electron chi connectivity index (χ0n) is 19.1. The molecule has 5 rings (SSSR count). The van der Waals surface area contributed by atoms with Crippen molar-refractivity contribution < 1.29 is 4.79 Å². The maximum atomic E-state index is 13.3. The van der Waals surface area contributed by atoms with Gasteiger partial charge in [0.1, 0.15) is 0 Å². The summed E-state index contributed by atoms with van der Waals surface area (Å²) in [4.78, 5) is 24.6. The minimum Gasteiger partial charge on any atom is -0.370 e. The van der Waals surface area contributed by atoms with Crippen LogP contribution in [-0.4, -0.2) is 38.6 Å². The second-order valence-electron chi connectivity index (χ2n) is 8.40. The number of aromatic nitrogens is 4. The first-order chi connectivity index (χ1) is 16.5. The standard InChI is InChI=1S/C25H25ClN6OS/c1-16-13-17(2)32-24(27-16)29-25(30-32)34-15-18-7-3-4-8-20(18)23(33)28-21-14-19(26)9-10-22(21)31-11-5-6-12-31/h3-4,7-10,13-14H,5-6,11-12,15H2,1-2H3,(H,28,33). The van der Waals surface area contributed by atoms with E-state index in [0.717, 1.165) is 54.3 Å². The highest BCUT2D eigenvalue weighted by atomic mass is 35.5. The molecule has 4 aromatic rings. The van der Waals surface area contributed by atoms with E-state index in [2.05, 4.69) is 25.3 Å². The molecule has 7 nitrogen and oxygen atoms in total. The van der Waals surface area contributed by atoms with Crippen LogP contribution in [0.3, 0.4) is 0 Å². The van der Waals surface area contributed by atoms with Gasteiger partial charge in [0.2, 0.25) is 5.16 Å². The Balaban J connectivity index is 1.36. The van der Waals surface area contributed by atoms with Crippen LogP contribution in [0.15, 0.2) is 53.7 Å². The van der Waals surface area contributed by atoms with Crippen molar-refractivity contribution in [1.29, 1.82) is 0 Å². The average molecular weight is 493 g/mol. The summed E-state index contributed by atoms with van der Waals surface area (Å²) in [5.74, 6) is 0.990. The molecule has 0 radical (unpaired) electrons. The summed E-state index contributed by atoms with van der Waals surface area (Å²) in [6.45, 7) is 5.89. The molecule has 0 bridgehead atoms. The Morgan fingerprint density at radius 3 is 2.71 bits per heavy atom. The van der Waals surface area contributed by atoms with E-state index >= 15 is 0 Å². The van der Waals surface area contributed by atoms with E-state index in [9.17, 15) is 4.79 Å². The van der Waals surface area contributed by atoms with E-state index in [1.165, 1.54) is 11.8 Å². The Kier molecular flexibility index (Phi) is 6.43. The van der Waals surface area contributed by atoms with E-state index in [1.807, 2.05) is 62.4 Å². The van der Waals surface area contributed by atoms with E-state index < -0.39 is 0 Å². The van der Waals surface area contributed by atoms with E-state index in [0.29, 0.717) is 27.3 Å². The number of benzene rings is 2. The number of halogens is 1. The van der Waals surface area contributed by atoms with Gasteiger partial charge in [0.05, 0.1) is 11.4 Å². The molecule has 1 saturated heterocycles. The van der Waals surface area contributed by atoms with Crippen LogP contribution in [0.4, 0.5) is 11.4 Å². The van der Waals surface area contributed by atoms with Gasteiger partial charge in [-0.3, -0.25) is 4.79 Å². The Morgan fingerprint density at radius 1 is 1.09 bits per heavy atom. The number of carbonyl (C=O) groups excluding carboxylic acids is 1. The first kappa shape index (κ1) is 22.7. The summed E-state index contributed by atoms with van der Waals surface area (Å²) >= 11 is 7.75. The number of aryl methyl sites for hydroxylation is 2. The van der Waals surface area contributed by atoms with Crippen LogP contribution in [0.5, 0.6) is 0 Å². The number of thioether (sulfide) groups is 1. The highest BCUT2D eigenvalue weighted by Gasteiger charge is 2.19. The average Bonchev–Trinajstić information content (AvgIpc) is 3.48. The first-order valence-electron chi connectivity index (χ1n) is 11.3. The molecule has 1 aliphatic heterocycles. The van der Waals surface area contributed by atoms with Gasteiger partial charge < -0.3 is 10.2 Å². The van der Waals surface area contributed by atoms with E-state index in [1.54, 1.807) is 4.52 Å². The summed E-state index contributed by atoms with van der Waals surface area (Å²) in [5, 5.41) is 8.88. The van der Waals surface area contributed by atoms with Crippen LogP contribution < -0.4 is 10.2 Å². The van der Waals surface area contributed by atoms with E-state index in [4.69, 9.17) is 11.6 Å². The van der Waals surface area contributed by atoms with Crippen LogP contribution >= 0.6 is 23.4 Å². The minimum atomic E-state index is -0.157. The molecule has 0 unspecified atom stereocenters. The molecule has 1 fully saturated rings. The molecule has 34 heavy (non-hydrogen) atoms. The predicted molar refractivity (Wildman–Crippen MR) is 137 cm³/mol. The topological polar surface area (TPSA) is 75.4 Å². The molecular weight excluding hydrogens is 468 g/mol. The summed E-state index contributed by atoms with van der Waals surface area (Å²) in [5.41, 5.74) is 5.17. The lowest BCUT2D eigenvalue weighted by atomic mass is 10.1. The fourth-order valence-corrected chi connectivity index (χ4v) is 5.24. The number of rotatable bonds is 6. The second-order valence-corrected chi connectivity index (χ2v) is 9.78. The number of nitrogens with zero attached hydrogens (tertiary/aromatic N) is 5. The molecule has 0 spiro atoms. The molecule has 1 aliphatic rings. The molecule has 2 aromatic heterocycles. The molecule has 0 aliphatic carbocycles. The fraction of sp³-hybridized carbons (Fsp3) is 0.280. The van der Waals surface area contributed by atoms with Gasteiger partial charge in [0, 0.05) is 40.8 Å². The SMILES string of the molecule is Cc1cc(C)n2nc(SCc3ccccc3C(=O)Nc3cc(Cl)ccc3N3CCCC3)nc2n1. The van der Waals surface area contributed by atoms with Crippen molar-refractivity contribution in [2.24, 2.45) is 0 Å². The van der Waals surface area contributed by atoms with Gasteiger partial charge in [-0.1, -0.05) is 41.6 Å². The van der Waals surface area contributed by atoms with Gasteiger partial charge >= 0.3 is 0 Å². The Labute approximate surface area is 207 Å². The smallest absolute Gasteiger partial charge is 0.256 e. The van der Waals surface area contributed by atoms with Crippen LogP contribution in [0.25, 0.3) is 5.78 Å². The van der Waals surface area contributed by atoms with E-state index in [-0.39, 0.29) is 5.91 Å². The predicted octanol–water partition coefficient (Wildman–Crippen LogP) is 5.54. The van der Waals surface area contributed by atoms with Crippen molar-refractivity contribution in [2.75, 3.05) is 23.3 Å². The number of fused-ring (bicyclic) bond motifs is 1. The molecule has 0 atom stereocenters. The minimum absolute atomic E-state index is 0.157. The van der Waals surface area contributed by atoms with Crippen molar-refractivity contribution in [3.05, 3.63) is 76.1 Å². The van der Waals surface area contributed by atoms with Crippen LogP contribution in [-0.2, 0) is 5.75 Å². The summed E-state index contributed by atoms with van der Waals surface area (Å²) < 4.78 is 1.74. The Bertz CT molecular complexity index is 1370. The highest BCUT2D eigenvalue weighted by molar-refractivity contribution is 7.98. The third kappa shape index (κ3) is 4.74. The van der Waals surface area contributed by atoms with Crippen molar-refractivity contribution in [1.82, 2.24) is 19.6 Å². The lowest BCUT2D eigenvalue weighted by Crippen LogP contribution is -2.21. The zero-order chi connectivity index (χ0) is 23.7. The second kappa shape index (κ2) is 9.64. The summed E-state index contributed by atoms with van der Waals surface area (Å²) in [7, 11) is 0. The third-order valence-electron chi connectivity index (χ3n) is 5.87. The number of hydrogen-bond donors (Lipinski definition) is 1. The largest absolute Gasteiger partial charge is 0.370 e. The normalized spacial score (nSPS) is 13.6. The fourth-order valence-electron chi connectivity index (χ4n) is 4.25. The lowest BCUT2D eigenvalue weighted by Gasteiger charge is -2.22. The number of amides is 1. The Morgan fingerprint density at radius 2 is 1.88 bits per heavy atom. The maximum absolute atomic E-state index is 13.3. The highest BCUT2D eigenvalue weighted by Crippen LogP contribution is 2.32. The first-order valence-corrected chi connectivity index (χ1v) is 12.6. The number of carbonyl (C=O) groups is 1. The van der Waals surface area contributed by atoms with Crippen molar-refractivity contribution in [2.45, 2.75) is 37.6 Å². The molecule has 174 valence electrons. The van der Waals surface area contributed by atoms with Crippen LogP contribution in [0, 0.1) is 13.8 Å². The zero-order valence-corrected chi connectivity index (χ0v) is 20.7. The monoisotopic (exact) mass is 492 g/mol. The maximum Gasteiger partial charge on any atom is 0.256 e. The quantitative estimate of drug-likeness (QED) is 0.356. The van der Waals surface area contributed by atoms with Gasteiger partial charge in [-0.2, -0.15) is 4.98 Å². The summed E-state index contributed by atoms with van der Waals surface area (Å²) in [6, 6.07) is 15.3. The summed E-state index contributed by atoms with van der Waals surface area (Å²) in [6.07, 6.45) is 2.31. The van der Waals surface area contributed by atoms with Crippen LogP contribution in [0.2, 0.25) is 5.02 Å².